The lowest BCUT2D eigenvalue weighted by molar-refractivity contribution is 0.0888. The lowest BCUT2D eigenvalue weighted by Gasteiger charge is -2.28. The molecule has 0 aliphatic carbocycles. The number of carbonyl (C=O) groups excluding carboxylic acids is 1. The van der Waals surface area contributed by atoms with Crippen LogP contribution in [-0.4, -0.2) is 23.2 Å². The number of benzene rings is 1. The minimum Gasteiger partial charge on any atom is -0.396 e. The minimum absolute atomic E-state index is 0.0600. The Morgan fingerprint density at radius 2 is 2.16 bits per heavy atom. The Bertz CT molecular complexity index is 578. The van der Waals surface area contributed by atoms with Gasteiger partial charge in [-0.1, -0.05) is 25.1 Å². The van der Waals surface area contributed by atoms with Crippen molar-refractivity contribution in [2.24, 2.45) is 0 Å². The molecule has 0 fully saturated rings. The van der Waals surface area contributed by atoms with Crippen LogP contribution in [0.2, 0.25) is 0 Å². The first-order valence-corrected chi connectivity index (χ1v) is 7.37. The summed E-state index contributed by atoms with van der Waals surface area (Å²) in [5.74, 6) is -0.0600. The third-order valence-corrected chi connectivity index (χ3v) is 4.55. The number of fused-ring (bicyclic) bond motifs is 1. The van der Waals surface area contributed by atoms with E-state index in [0.717, 1.165) is 22.1 Å². The summed E-state index contributed by atoms with van der Waals surface area (Å²) in [6.45, 7) is 4.06. The molecule has 1 aromatic heterocycles. The number of carbonyl (C=O) groups is 1. The molecule has 2 N–H and O–H groups in total. The van der Waals surface area contributed by atoms with Gasteiger partial charge in [-0.15, -0.1) is 11.3 Å². The molecule has 0 spiro atoms. The monoisotopic (exact) mass is 277 g/mol. The minimum atomic E-state index is -0.352. The molecule has 3 nitrogen and oxygen atoms in total. The lowest BCUT2D eigenvalue weighted by atomic mass is 9.94. The molecule has 2 rings (SSSR count). The van der Waals surface area contributed by atoms with Crippen LogP contribution in [0.3, 0.4) is 0 Å². The molecule has 0 aliphatic rings. The van der Waals surface area contributed by atoms with E-state index in [0.29, 0.717) is 6.42 Å². The molecule has 1 heterocycles. The van der Waals surface area contributed by atoms with E-state index < -0.39 is 0 Å². The fourth-order valence-corrected chi connectivity index (χ4v) is 3.01. The van der Waals surface area contributed by atoms with Crippen LogP contribution in [-0.2, 0) is 0 Å². The van der Waals surface area contributed by atoms with Crippen molar-refractivity contribution in [3.05, 3.63) is 35.2 Å². The second-order valence-electron chi connectivity index (χ2n) is 4.99. The molecular formula is C15H19NO2S. The highest BCUT2D eigenvalue weighted by Gasteiger charge is 2.25. The fourth-order valence-electron chi connectivity index (χ4n) is 2.07. The van der Waals surface area contributed by atoms with Crippen LogP contribution in [0.15, 0.2) is 29.6 Å². The van der Waals surface area contributed by atoms with Crippen molar-refractivity contribution in [1.29, 1.82) is 0 Å². The smallest absolute Gasteiger partial charge is 0.253 e. The topological polar surface area (TPSA) is 49.3 Å². The molecule has 0 radical (unpaired) electrons. The predicted octanol–water partition coefficient (Wildman–Crippen LogP) is 3.18. The van der Waals surface area contributed by atoms with Gasteiger partial charge in [0.2, 0.25) is 0 Å². The third kappa shape index (κ3) is 2.96. The van der Waals surface area contributed by atoms with Gasteiger partial charge in [-0.3, -0.25) is 4.79 Å². The number of hydrogen-bond donors (Lipinski definition) is 2. The maximum absolute atomic E-state index is 12.4. The zero-order chi connectivity index (χ0) is 13.9. The van der Waals surface area contributed by atoms with Crippen molar-refractivity contribution in [2.45, 2.75) is 32.2 Å². The number of amides is 1. The van der Waals surface area contributed by atoms with Gasteiger partial charge in [0.15, 0.2) is 0 Å². The summed E-state index contributed by atoms with van der Waals surface area (Å²) >= 11 is 1.58. The molecule has 1 atom stereocenters. The van der Waals surface area contributed by atoms with Crippen LogP contribution >= 0.6 is 11.3 Å². The van der Waals surface area contributed by atoms with Gasteiger partial charge in [0.1, 0.15) is 0 Å². The van der Waals surface area contributed by atoms with Crippen LogP contribution < -0.4 is 5.32 Å². The molecule has 0 saturated carbocycles. The summed E-state index contributed by atoms with van der Waals surface area (Å²) in [4.78, 5) is 12.4. The summed E-state index contributed by atoms with van der Waals surface area (Å²) in [5, 5.41) is 15.0. The molecule has 102 valence electrons. The van der Waals surface area contributed by atoms with Crippen molar-refractivity contribution in [2.75, 3.05) is 6.61 Å². The molecule has 0 saturated heterocycles. The predicted molar refractivity (Wildman–Crippen MR) is 79.7 cm³/mol. The van der Waals surface area contributed by atoms with Crippen LogP contribution in [0.4, 0.5) is 0 Å². The summed E-state index contributed by atoms with van der Waals surface area (Å²) in [6, 6.07) is 7.90. The molecule has 4 heteroatoms. The van der Waals surface area contributed by atoms with Gasteiger partial charge in [0, 0.05) is 27.6 Å². The van der Waals surface area contributed by atoms with Crippen LogP contribution in [0.5, 0.6) is 0 Å². The number of nitrogens with one attached hydrogen (secondary N) is 1. The van der Waals surface area contributed by atoms with Gasteiger partial charge < -0.3 is 10.4 Å². The average molecular weight is 277 g/mol. The van der Waals surface area contributed by atoms with Gasteiger partial charge in [-0.25, -0.2) is 0 Å². The maximum atomic E-state index is 12.4. The first-order chi connectivity index (χ1) is 9.09. The lowest BCUT2D eigenvalue weighted by Crippen LogP contribution is -2.46. The summed E-state index contributed by atoms with van der Waals surface area (Å²) in [6.07, 6.45) is 1.36. The zero-order valence-corrected chi connectivity index (χ0v) is 12.1. The van der Waals surface area contributed by atoms with Crippen molar-refractivity contribution < 1.29 is 9.90 Å². The van der Waals surface area contributed by atoms with E-state index >= 15 is 0 Å². The molecule has 19 heavy (non-hydrogen) atoms. The zero-order valence-electron chi connectivity index (χ0n) is 11.3. The molecule has 0 aliphatic heterocycles. The average Bonchev–Trinajstić information content (AvgIpc) is 2.83. The van der Waals surface area contributed by atoms with Gasteiger partial charge in [0.05, 0.1) is 5.56 Å². The first kappa shape index (κ1) is 14.0. The number of rotatable bonds is 5. The Morgan fingerprint density at radius 1 is 1.42 bits per heavy atom. The molecule has 1 unspecified atom stereocenters. The first-order valence-electron chi connectivity index (χ1n) is 6.49. The number of aliphatic hydroxyl groups excluding tert-OH is 1. The van der Waals surface area contributed by atoms with Crippen LogP contribution in [0, 0.1) is 0 Å². The Morgan fingerprint density at radius 3 is 2.84 bits per heavy atom. The Kier molecular flexibility index (Phi) is 4.22. The van der Waals surface area contributed by atoms with E-state index in [1.54, 1.807) is 11.3 Å². The highest BCUT2D eigenvalue weighted by molar-refractivity contribution is 7.17. The third-order valence-electron chi connectivity index (χ3n) is 3.58. The molecule has 1 amide bonds. The number of thiophene rings is 1. The molecule has 0 bridgehead atoms. The highest BCUT2D eigenvalue weighted by Crippen LogP contribution is 2.26. The molecule has 1 aromatic carbocycles. The highest BCUT2D eigenvalue weighted by atomic mass is 32.1. The molecular weight excluding hydrogens is 258 g/mol. The SMILES string of the molecule is CCC(C)(CCO)NC(=O)c1csc2ccccc12. The van der Waals surface area contributed by atoms with E-state index in [1.165, 1.54) is 0 Å². The second-order valence-corrected chi connectivity index (χ2v) is 5.90. The van der Waals surface area contributed by atoms with Crippen LogP contribution in [0.1, 0.15) is 37.0 Å². The van der Waals surface area contributed by atoms with Gasteiger partial charge >= 0.3 is 0 Å². The van der Waals surface area contributed by atoms with Crippen LogP contribution in [0.25, 0.3) is 10.1 Å². The van der Waals surface area contributed by atoms with Gasteiger partial charge in [-0.2, -0.15) is 0 Å². The van der Waals surface area contributed by atoms with E-state index in [9.17, 15) is 4.79 Å². The van der Waals surface area contributed by atoms with Gasteiger partial charge in [-0.05, 0) is 25.8 Å². The normalized spacial score (nSPS) is 14.3. The van der Waals surface area contributed by atoms with Crippen molar-refractivity contribution in [1.82, 2.24) is 5.32 Å². The summed E-state index contributed by atoms with van der Waals surface area (Å²) in [5.41, 5.74) is 0.368. The van der Waals surface area contributed by atoms with Gasteiger partial charge in [0.25, 0.3) is 5.91 Å². The standard InChI is InChI=1S/C15H19NO2S/c1-3-15(2,8-9-17)16-14(18)12-10-19-13-7-5-4-6-11(12)13/h4-7,10,17H,3,8-9H2,1-2H3,(H,16,18). The van der Waals surface area contributed by atoms with Crippen molar-refractivity contribution in [3.8, 4) is 0 Å². The summed E-state index contributed by atoms with van der Waals surface area (Å²) < 4.78 is 1.12. The quantitative estimate of drug-likeness (QED) is 0.882. The fraction of sp³-hybridized carbons (Fsp3) is 0.400. The van der Waals surface area contributed by atoms with Crippen molar-refractivity contribution in [3.63, 3.8) is 0 Å². The number of hydrogen-bond acceptors (Lipinski definition) is 3. The second kappa shape index (κ2) is 5.72. The Labute approximate surface area is 117 Å². The Balaban J connectivity index is 2.24. The summed E-state index contributed by atoms with van der Waals surface area (Å²) in [7, 11) is 0. The van der Waals surface area contributed by atoms with E-state index in [-0.39, 0.29) is 18.1 Å². The van der Waals surface area contributed by atoms with E-state index in [1.807, 2.05) is 43.5 Å². The largest absolute Gasteiger partial charge is 0.396 e. The van der Waals surface area contributed by atoms with Crippen molar-refractivity contribution >= 4 is 27.3 Å². The number of aliphatic hydroxyl groups is 1. The maximum Gasteiger partial charge on any atom is 0.253 e. The van der Waals surface area contributed by atoms with E-state index in [2.05, 4.69) is 5.32 Å². The van der Waals surface area contributed by atoms with E-state index in [4.69, 9.17) is 5.11 Å². The Hall–Kier alpha value is -1.39. The molecule has 2 aromatic rings.